The van der Waals surface area contributed by atoms with E-state index in [-0.39, 0.29) is 25.2 Å². The van der Waals surface area contributed by atoms with E-state index in [1.54, 1.807) is 0 Å². The van der Waals surface area contributed by atoms with Crippen LogP contribution in [-0.4, -0.2) is 18.6 Å². The maximum absolute atomic E-state index is 12.0. The number of anilines is 2. The van der Waals surface area contributed by atoms with Gasteiger partial charge in [-0.05, 0) is 12.1 Å². The Morgan fingerprint density at radius 3 is 2.32 bits per heavy atom. The number of benzene rings is 1. The average molecular weight is 404 g/mol. The molecule has 0 bridgehead atoms. The number of hydrogen-bond donors (Lipinski definition) is 2. The molecule has 102 valence electrons. The second-order valence-corrected chi connectivity index (χ2v) is 7.85. The molecule has 1 heterocycles. The van der Waals surface area contributed by atoms with Gasteiger partial charge in [0, 0.05) is 4.47 Å². The quantitative estimate of drug-likeness (QED) is 0.820. The van der Waals surface area contributed by atoms with E-state index < -0.39 is 10.0 Å². The summed E-state index contributed by atoms with van der Waals surface area (Å²) < 4.78 is 26.7. The smallest absolute Gasteiger partial charge is 0.291 e. The van der Waals surface area contributed by atoms with Gasteiger partial charge in [0.2, 0.25) is 5.13 Å². The van der Waals surface area contributed by atoms with Crippen molar-refractivity contribution in [1.82, 2.24) is 10.2 Å². The fourth-order valence-corrected chi connectivity index (χ4v) is 4.45. The Balaban J connectivity index is 2.41. The van der Waals surface area contributed by atoms with E-state index in [9.17, 15) is 8.42 Å². The summed E-state index contributed by atoms with van der Waals surface area (Å²) in [7, 11) is -3.92. The van der Waals surface area contributed by atoms with Crippen molar-refractivity contribution in [2.24, 2.45) is 0 Å². The van der Waals surface area contributed by atoms with Gasteiger partial charge in [-0.1, -0.05) is 50.5 Å². The second kappa shape index (κ2) is 5.41. The van der Waals surface area contributed by atoms with E-state index in [4.69, 9.17) is 28.9 Å². The van der Waals surface area contributed by atoms with Gasteiger partial charge in [0.05, 0.1) is 15.7 Å². The van der Waals surface area contributed by atoms with Gasteiger partial charge in [-0.3, -0.25) is 4.72 Å². The van der Waals surface area contributed by atoms with Crippen LogP contribution in [0.1, 0.15) is 0 Å². The van der Waals surface area contributed by atoms with Gasteiger partial charge in [0.25, 0.3) is 14.4 Å². The lowest BCUT2D eigenvalue weighted by molar-refractivity contribution is 0.599. The van der Waals surface area contributed by atoms with Crippen LogP contribution in [0.25, 0.3) is 0 Å². The number of nitrogens with two attached hydrogens (primary N) is 1. The van der Waals surface area contributed by atoms with Crippen molar-refractivity contribution in [2.45, 2.75) is 4.34 Å². The van der Waals surface area contributed by atoms with Crippen LogP contribution in [0.3, 0.4) is 0 Å². The number of sulfonamides is 1. The van der Waals surface area contributed by atoms with Gasteiger partial charge < -0.3 is 5.73 Å². The Bertz CT molecular complexity index is 711. The highest BCUT2D eigenvalue weighted by atomic mass is 79.9. The first-order chi connectivity index (χ1) is 8.79. The van der Waals surface area contributed by atoms with Gasteiger partial charge in [-0.25, -0.2) is 0 Å². The number of aromatic nitrogens is 2. The van der Waals surface area contributed by atoms with Crippen LogP contribution < -0.4 is 10.5 Å². The van der Waals surface area contributed by atoms with E-state index in [1.165, 1.54) is 12.1 Å². The second-order valence-electron chi connectivity index (χ2n) is 3.26. The number of nitrogens with one attached hydrogen (secondary N) is 1. The van der Waals surface area contributed by atoms with Crippen molar-refractivity contribution in [1.29, 1.82) is 0 Å². The Morgan fingerprint density at radius 1 is 1.26 bits per heavy atom. The molecule has 0 saturated heterocycles. The molecule has 0 saturated carbocycles. The third-order valence-corrected chi connectivity index (χ3v) is 5.42. The van der Waals surface area contributed by atoms with Crippen molar-refractivity contribution >= 4 is 71.3 Å². The molecule has 0 atom stereocenters. The first-order valence-corrected chi connectivity index (χ1v) is 8.41. The summed E-state index contributed by atoms with van der Waals surface area (Å²) in [5, 5.41) is 7.25. The van der Waals surface area contributed by atoms with Crippen LogP contribution in [0.4, 0.5) is 10.8 Å². The number of nitrogen functional groups attached to an aromatic ring is 1. The minimum Gasteiger partial charge on any atom is -0.374 e. The molecule has 0 radical (unpaired) electrons. The zero-order chi connectivity index (χ0) is 14.2. The lowest BCUT2D eigenvalue weighted by atomic mass is 10.3. The molecule has 11 heteroatoms. The summed E-state index contributed by atoms with van der Waals surface area (Å²) in [6, 6.07) is 3.03. The maximum atomic E-state index is 12.0. The third-order valence-electron chi connectivity index (χ3n) is 1.90. The number of halogens is 3. The van der Waals surface area contributed by atoms with Crippen LogP contribution in [-0.2, 0) is 10.0 Å². The molecular weight excluding hydrogens is 399 g/mol. The lowest BCUT2D eigenvalue weighted by Crippen LogP contribution is -2.13. The monoisotopic (exact) mass is 402 g/mol. The summed E-state index contributed by atoms with van der Waals surface area (Å²) in [6.07, 6.45) is 0. The van der Waals surface area contributed by atoms with Gasteiger partial charge in [0.1, 0.15) is 0 Å². The molecule has 19 heavy (non-hydrogen) atoms. The summed E-state index contributed by atoms with van der Waals surface area (Å²) >= 11 is 15.8. The first kappa shape index (κ1) is 14.8. The van der Waals surface area contributed by atoms with Gasteiger partial charge >= 0.3 is 0 Å². The minimum absolute atomic E-state index is 0.0494. The zero-order valence-corrected chi connectivity index (χ0v) is 13.6. The van der Waals surface area contributed by atoms with Crippen molar-refractivity contribution in [3.05, 3.63) is 26.7 Å². The summed E-state index contributed by atoms with van der Waals surface area (Å²) in [5.74, 6) is 0. The highest BCUT2D eigenvalue weighted by Crippen LogP contribution is 2.35. The first-order valence-electron chi connectivity index (χ1n) is 4.56. The lowest BCUT2D eigenvalue weighted by Gasteiger charge is -2.09. The predicted molar refractivity (Wildman–Crippen MR) is 79.3 cm³/mol. The van der Waals surface area contributed by atoms with Crippen LogP contribution in [0.2, 0.25) is 10.0 Å². The predicted octanol–water partition coefficient (Wildman–Crippen LogP) is 2.99. The van der Waals surface area contributed by atoms with Gasteiger partial charge in [-0.2, -0.15) is 8.42 Å². The van der Waals surface area contributed by atoms with Crippen molar-refractivity contribution in [3.63, 3.8) is 0 Å². The fourth-order valence-electron chi connectivity index (χ4n) is 1.15. The van der Waals surface area contributed by atoms with Gasteiger partial charge in [-0.15, -0.1) is 10.2 Å². The molecule has 0 aliphatic heterocycles. The number of hydrogen-bond acceptors (Lipinski definition) is 6. The normalized spacial score (nSPS) is 11.5. The molecule has 2 rings (SSSR count). The summed E-state index contributed by atoms with van der Waals surface area (Å²) in [4.78, 5) is 0. The van der Waals surface area contributed by atoms with Gasteiger partial charge in [0.15, 0.2) is 0 Å². The molecule has 3 N–H and O–H groups in total. The molecule has 0 aliphatic carbocycles. The Morgan fingerprint density at radius 2 is 1.84 bits per heavy atom. The third kappa shape index (κ3) is 3.29. The molecule has 1 aromatic carbocycles. The molecular formula is C8H5BrCl2N4O2S2. The molecule has 0 unspecified atom stereocenters. The van der Waals surface area contributed by atoms with Crippen molar-refractivity contribution in [3.8, 4) is 0 Å². The Kier molecular flexibility index (Phi) is 4.21. The molecule has 6 nitrogen and oxygen atoms in total. The van der Waals surface area contributed by atoms with E-state index in [2.05, 4.69) is 30.8 Å². The maximum Gasteiger partial charge on any atom is 0.291 e. The Hall–Kier alpha value is -0.610. The molecule has 0 spiro atoms. The fraction of sp³-hybridized carbons (Fsp3) is 0. The molecule has 0 amide bonds. The van der Waals surface area contributed by atoms with Crippen molar-refractivity contribution < 1.29 is 8.42 Å². The Labute approximate surface area is 131 Å². The molecule has 1 aromatic heterocycles. The largest absolute Gasteiger partial charge is 0.374 e. The zero-order valence-electron chi connectivity index (χ0n) is 8.89. The van der Waals surface area contributed by atoms with Crippen LogP contribution >= 0.6 is 50.5 Å². The van der Waals surface area contributed by atoms with Crippen LogP contribution in [0, 0.1) is 0 Å². The van der Waals surface area contributed by atoms with E-state index >= 15 is 0 Å². The SMILES string of the molecule is Nc1nnc(S(=O)(=O)Nc2c(Cl)cc(Br)cc2Cl)s1. The highest BCUT2D eigenvalue weighted by molar-refractivity contribution is 9.10. The molecule has 0 aliphatic rings. The van der Waals surface area contributed by atoms with Crippen LogP contribution in [0.5, 0.6) is 0 Å². The van der Waals surface area contributed by atoms with E-state index in [0.29, 0.717) is 4.47 Å². The topological polar surface area (TPSA) is 98.0 Å². The van der Waals surface area contributed by atoms with Crippen molar-refractivity contribution in [2.75, 3.05) is 10.5 Å². The number of nitrogens with zero attached hydrogens (tertiary/aromatic N) is 2. The average Bonchev–Trinajstić information content (AvgIpc) is 2.71. The minimum atomic E-state index is -3.92. The van der Waals surface area contributed by atoms with E-state index in [0.717, 1.165) is 11.3 Å². The van der Waals surface area contributed by atoms with E-state index in [1.807, 2.05) is 0 Å². The molecule has 2 aromatic rings. The van der Waals surface area contributed by atoms with Crippen LogP contribution in [0.15, 0.2) is 20.9 Å². The number of rotatable bonds is 3. The standard InChI is InChI=1S/C8H5BrCl2N4O2S2/c9-3-1-4(10)6(5(11)2-3)15-19(16,17)8-14-13-7(12)18-8/h1-2,15H,(H2,12,13). The summed E-state index contributed by atoms with van der Waals surface area (Å²) in [6.45, 7) is 0. The molecule has 0 fully saturated rings. The highest BCUT2D eigenvalue weighted by Gasteiger charge is 2.22. The summed E-state index contributed by atoms with van der Waals surface area (Å²) in [5.41, 5.74) is 5.41.